The lowest BCUT2D eigenvalue weighted by Gasteiger charge is -2.04. The van der Waals surface area contributed by atoms with Crippen LogP contribution in [0.25, 0.3) is 0 Å². The molecule has 0 aliphatic rings. The van der Waals surface area contributed by atoms with Gasteiger partial charge < -0.3 is 5.11 Å². The first kappa shape index (κ1) is 8.21. The Morgan fingerprint density at radius 2 is 2.09 bits per heavy atom. The molecule has 1 rings (SSSR count). The van der Waals surface area contributed by atoms with Gasteiger partial charge in [0.25, 0.3) is 0 Å². The van der Waals surface area contributed by atoms with Gasteiger partial charge in [-0.1, -0.05) is 18.2 Å². The van der Waals surface area contributed by atoms with Crippen LogP contribution in [0.5, 0.6) is 0 Å². The van der Waals surface area contributed by atoms with Gasteiger partial charge in [0, 0.05) is 6.42 Å². The summed E-state index contributed by atoms with van der Waals surface area (Å²) in [6.07, 6.45) is -0.0981. The zero-order valence-corrected chi connectivity index (χ0v) is 6.42. The Hall–Kier alpha value is -0.890. The number of halogens is 1. The number of rotatable bonds is 2. The third kappa shape index (κ3) is 2.31. The molecule has 2 heteroatoms. The molecule has 0 heterocycles. The maximum Gasteiger partial charge on any atom is 0.126 e. The maximum absolute atomic E-state index is 12.8. The molecular formula is C9H11FO. The van der Waals surface area contributed by atoms with Crippen molar-refractivity contribution in [3.63, 3.8) is 0 Å². The number of benzene rings is 1. The van der Waals surface area contributed by atoms with Gasteiger partial charge in [-0.25, -0.2) is 4.39 Å². The number of hydrogen-bond acceptors (Lipinski definition) is 1. The monoisotopic (exact) mass is 154 g/mol. The Morgan fingerprint density at radius 1 is 1.45 bits per heavy atom. The molecule has 0 saturated carbocycles. The second-order valence-corrected chi connectivity index (χ2v) is 2.64. The Labute approximate surface area is 65.5 Å². The van der Waals surface area contributed by atoms with E-state index in [-0.39, 0.29) is 5.82 Å². The van der Waals surface area contributed by atoms with E-state index in [1.165, 1.54) is 6.07 Å². The number of hydrogen-bond donors (Lipinski definition) is 1. The van der Waals surface area contributed by atoms with Crippen LogP contribution in [0.1, 0.15) is 12.5 Å². The molecule has 1 aromatic carbocycles. The minimum atomic E-state index is -0.480. The van der Waals surface area contributed by atoms with Crippen molar-refractivity contribution in [2.45, 2.75) is 19.4 Å². The van der Waals surface area contributed by atoms with E-state index in [9.17, 15) is 4.39 Å². The fraction of sp³-hybridized carbons (Fsp3) is 0.333. The van der Waals surface area contributed by atoms with Crippen LogP contribution in [0.15, 0.2) is 24.3 Å². The normalized spacial score (nSPS) is 13.0. The summed E-state index contributed by atoms with van der Waals surface area (Å²) in [6, 6.07) is 6.49. The second kappa shape index (κ2) is 3.49. The molecule has 0 bridgehead atoms. The Kier molecular flexibility index (Phi) is 2.60. The largest absolute Gasteiger partial charge is 0.393 e. The highest BCUT2D eigenvalue weighted by Crippen LogP contribution is 2.08. The van der Waals surface area contributed by atoms with Crippen LogP contribution in [-0.2, 0) is 6.42 Å². The van der Waals surface area contributed by atoms with Gasteiger partial charge in [0.2, 0.25) is 0 Å². The van der Waals surface area contributed by atoms with E-state index in [0.717, 1.165) is 0 Å². The van der Waals surface area contributed by atoms with Gasteiger partial charge in [-0.05, 0) is 18.6 Å². The van der Waals surface area contributed by atoms with Crippen LogP contribution in [-0.4, -0.2) is 11.2 Å². The quantitative estimate of drug-likeness (QED) is 0.688. The van der Waals surface area contributed by atoms with Crippen molar-refractivity contribution in [2.24, 2.45) is 0 Å². The summed E-state index contributed by atoms with van der Waals surface area (Å²) in [5.74, 6) is -0.242. The molecule has 1 unspecified atom stereocenters. The molecule has 0 aliphatic heterocycles. The maximum atomic E-state index is 12.8. The van der Waals surface area contributed by atoms with Crippen molar-refractivity contribution >= 4 is 0 Å². The Bertz CT molecular complexity index is 233. The zero-order valence-electron chi connectivity index (χ0n) is 6.42. The van der Waals surface area contributed by atoms with Gasteiger partial charge in [0.15, 0.2) is 0 Å². The fourth-order valence-corrected chi connectivity index (χ4v) is 0.982. The lowest BCUT2D eigenvalue weighted by molar-refractivity contribution is 0.194. The van der Waals surface area contributed by atoms with Crippen molar-refractivity contribution in [1.82, 2.24) is 0 Å². The first-order valence-corrected chi connectivity index (χ1v) is 3.61. The zero-order chi connectivity index (χ0) is 8.27. The van der Waals surface area contributed by atoms with E-state index < -0.39 is 6.10 Å². The molecule has 1 nitrogen and oxygen atoms in total. The van der Waals surface area contributed by atoms with Gasteiger partial charge in [-0.15, -0.1) is 0 Å². The molecule has 1 N–H and O–H groups in total. The summed E-state index contributed by atoms with van der Waals surface area (Å²) >= 11 is 0. The third-order valence-corrected chi connectivity index (χ3v) is 1.47. The van der Waals surface area contributed by atoms with E-state index in [1.54, 1.807) is 25.1 Å². The van der Waals surface area contributed by atoms with Crippen LogP contribution in [0, 0.1) is 5.82 Å². The second-order valence-electron chi connectivity index (χ2n) is 2.64. The predicted octanol–water partition coefficient (Wildman–Crippen LogP) is 1.75. The van der Waals surface area contributed by atoms with Crippen molar-refractivity contribution in [2.75, 3.05) is 0 Å². The molecule has 0 fully saturated rings. The summed E-state index contributed by atoms with van der Waals surface area (Å²) in [7, 11) is 0. The molecule has 0 aromatic heterocycles. The third-order valence-electron chi connectivity index (χ3n) is 1.47. The van der Waals surface area contributed by atoms with E-state index in [1.807, 2.05) is 0 Å². The minimum absolute atomic E-state index is 0.242. The molecule has 11 heavy (non-hydrogen) atoms. The van der Waals surface area contributed by atoms with Crippen LogP contribution >= 0.6 is 0 Å². The summed E-state index contributed by atoms with van der Waals surface area (Å²) in [5.41, 5.74) is 0.572. The standard InChI is InChI=1S/C9H11FO/c1-7(11)6-8-4-2-3-5-9(8)10/h2-5,7,11H,6H2,1H3. The van der Waals surface area contributed by atoms with E-state index >= 15 is 0 Å². The molecule has 60 valence electrons. The Morgan fingerprint density at radius 3 is 2.64 bits per heavy atom. The van der Waals surface area contributed by atoms with E-state index in [4.69, 9.17) is 5.11 Å². The molecule has 0 aliphatic carbocycles. The Balaban J connectivity index is 2.78. The van der Waals surface area contributed by atoms with E-state index in [2.05, 4.69) is 0 Å². The fourth-order valence-electron chi connectivity index (χ4n) is 0.982. The van der Waals surface area contributed by atoms with Crippen LogP contribution in [0.3, 0.4) is 0 Å². The smallest absolute Gasteiger partial charge is 0.126 e. The summed E-state index contributed by atoms with van der Waals surface area (Å²) in [6.45, 7) is 1.65. The van der Waals surface area contributed by atoms with Gasteiger partial charge in [-0.2, -0.15) is 0 Å². The highest BCUT2D eigenvalue weighted by Gasteiger charge is 2.02. The molecular weight excluding hydrogens is 143 g/mol. The first-order chi connectivity index (χ1) is 5.20. The first-order valence-electron chi connectivity index (χ1n) is 3.61. The molecule has 0 radical (unpaired) electrons. The SMILES string of the molecule is CC(O)Cc1ccccc1F. The number of aliphatic hydroxyl groups is 1. The highest BCUT2D eigenvalue weighted by molar-refractivity contribution is 5.17. The molecule has 1 atom stereocenters. The molecule has 0 amide bonds. The molecule has 1 aromatic rings. The lowest BCUT2D eigenvalue weighted by atomic mass is 10.1. The average molecular weight is 154 g/mol. The van der Waals surface area contributed by atoms with Crippen molar-refractivity contribution in [3.8, 4) is 0 Å². The summed E-state index contributed by atoms with van der Waals surface area (Å²) in [5, 5.41) is 8.96. The summed E-state index contributed by atoms with van der Waals surface area (Å²) < 4.78 is 12.8. The lowest BCUT2D eigenvalue weighted by Crippen LogP contribution is -2.05. The van der Waals surface area contributed by atoms with Gasteiger partial charge >= 0.3 is 0 Å². The molecule has 0 saturated heterocycles. The van der Waals surface area contributed by atoms with Crippen molar-refractivity contribution < 1.29 is 9.50 Å². The van der Waals surface area contributed by atoms with Crippen LogP contribution in [0.4, 0.5) is 4.39 Å². The topological polar surface area (TPSA) is 20.2 Å². The average Bonchev–Trinajstić information content (AvgIpc) is 1.93. The van der Waals surface area contributed by atoms with Crippen molar-refractivity contribution in [3.05, 3.63) is 35.6 Å². The van der Waals surface area contributed by atoms with Gasteiger partial charge in [0.05, 0.1) is 6.10 Å². The van der Waals surface area contributed by atoms with Crippen LogP contribution < -0.4 is 0 Å². The number of aliphatic hydroxyl groups excluding tert-OH is 1. The predicted molar refractivity (Wildman–Crippen MR) is 41.8 cm³/mol. The van der Waals surface area contributed by atoms with Crippen LogP contribution in [0.2, 0.25) is 0 Å². The van der Waals surface area contributed by atoms with E-state index in [0.29, 0.717) is 12.0 Å². The highest BCUT2D eigenvalue weighted by atomic mass is 19.1. The van der Waals surface area contributed by atoms with Gasteiger partial charge in [0.1, 0.15) is 5.82 Å². The molecule has 0 spiro atoms. The van der Waals surface area contributed by atoms with Crippen molar-refractivity contribution in [1.29, 1.82) is 0 Å². The minimum Gasteiger partial charge on any atom is -0.393 e. The summed E-state index contributed by atoms with van der Waals surface area (Å²) in [4.78, 5) is 0. The van der Waals surface area contributed by atoms with Gasteiger partial charge in [-0.3, -0.25) is 0 Å².